The maximum Gasteiger partial charge on any atom is 0.274 e. The average Bonchev–Trinajstić information content (AvgIpc) is 2.98. The Kier molecular flexibility index (Phi) is 4.69. The Morgan fingerprint density at radius 3 is 2.96 bits per heavy atom. The zero-order chi connectivity index (χ0) is 18.1. The van der Waals surface area contributed by atoms with Crippen LogP contribution in [0.15, 0.2) is 24.8 Å². The summed E-state index contributed by atoms with van der Waals surface area (Å²) in [5.74, 6) is -0.0594. The van der Waals surface area contributed by atoms with Crippen LogP contribution in [0.25, 0.3) is 0 Å². The summed E-state index contributed by atoms with van der Waals surface area (Å²) in [6.07, 6.45) is 7.76. The third-order valence-corrected chi connectivity index (χ3v) is 5.22. The summed E-state index contributed by atoms with van der Waals surface area (Å²) in [6.45, 7) is 5.81. The van der Waals surface area contributed by atoms with E-state index in [0.717, 1.165) is 31.7 Å². The van der Waals surface area contributed by atoms with Gasteiger partial charge in [-0.15, -0.1) is 0 Å². The van der Waals surface area contributed by atoms with E-state index in [4.69, 9.17) is 4.74 Å². The van der Waals surface area contributed by atoms with Crippen molar-refractivity contribution in [2.45, 2.75) is 32.0 Å². The molecule has 4 rings (SSSR count). The largest absolute Gasteiger partial charge is 0.374 e. The van der Waals surface area contributed by atoms with Crippen molar-refractivity contribution in [2.75, 3.05) is 26.2 Å². The molecule has 8 nitrogen and oxygen atoms in total. The number of likely N-dealkylation sites (tertiary alicyclic amines) is 1. The van der Waals surface area contributed by atoms with Crippen LogP contribution in [0, 0.1) is 6.92 Å². The molecule has 26 heavy (non-hydrogen) atoms. The highest BCUT2D eigenvalue weighted by Gasteiger charge is 2.39. The van der Waals surface area contributed by atoms with Gasteiger partial charge in [-0.2, -0.15) is 5.10 Å². The quantitative estimate of drug-likeness (QED) is 0.803. The Labute approximate surface area is 152 Å². The summed E-state index contributed by atoms with van der Waals surface area (Å²) < 4.78 is 7.80. The van der Waals surface area contributed by atoms with Crippen molar-refractivity contribution in [3.63, 3.8) is 0 Å². The summed E-state index contributed by atoms with van der Waals surface area (Å²) in [6, 6.07) is 0.0454. The molecule has 0 bridgehead atoms. The van der Waals surface area contributed by atoms with Gasteiger partial charge in [0.2, 0.25) is 0 Å². The van der Waals surface area contributed by atoms with Gasteiger partial charge >= 0.3 is 0 Å². The zero-order valence-corrected chi connectivity index (χ0v) is 15.2. The molecule has 2 aliphatic heterocycles. The van der Waals surface area contributed by atoms with Gasteiger partial charge in [-0.25, -0.2) is 4.98 Å². The van der Waals surface area contributed by atoms with Gasteiger partial charge in [-0.05, 0) is 13.3 Å². The normalized spacial score (nSPS) is 23.7. The fourth-order valence-corrected chi connectivity index (χ4v) is 3.93. The second-order valence-corrected chi connectivity index (χ2v) is 7.00. The van der Waals surface area contributed by atoms with Crippen LogP contribution in [0.3, 0.4) is 0 Å². The molecular formula is C18H24N6O2. The molecule has 0 unspecified atom stereocenters. The topological polar surface area (TPSA) is 76.4 Å². The number of hydrogen-bond donors (Lipinski definition) is 0. The number of amides is 1. The number of carbonyl (C=O) groups excluding carboxylic acids is 1. The van der Waals surface area contributed by atoms with Gasteiger partial charge in [0, 0.05) is 57.4 Å². The minimum Gasteiger partial charge on any atom is -0.374 e. The molecule has 2 atom stereocenters. The lowest BCUT2D eigenvalue weighted by Gasteiger charge is -2.46. The van der Waals surface area contributed by atoms with E-state index in [1.807, 2.05) is 23.6 Å². The number of aromatic nitrogens is 4. The molecule has 0 N–H and O–H groups in total. The van der Waals surface area contributed by atoms with Crippen LogP contribution in [0.2, 0.25) is 0 Å². The Morgan fingerprint density at radius 1 is 1.35 bits per heavy atom. The molecule has 2 aliphatic rings. The van der Waals surface area contributed by atoms with Crippen molar-refractivity contribution in [3.05, 3.63) is 41.7 Å². The van der Waals surface area contributed by atoms with Gasteiger partial charge in [0.25, 0.3) is 5.91 Å². The molecule has 0 spiro atoms. The van der Waals surface area contributed by atoms with E-state index in [-0.39, 0.29) is 18.1 Å². The van der Waals surface area contributed by atoms with E-state index in [9.17, 15) is 4.79 Å². The number of nitrogens with zero attached hydrogens (tertiary/aromatic N) is 6. The smallest absolute Gasteiger partial charge is 0.274 e. The van der Waals surface area contributed by atoms with Crippen LogP contribution in [-0.4, -0.2) is 73.8 Å². The number of morpholine rings is 1. The first-order valence-electron chi connectivity index (χ1n) is 9.02. The molecule has 8 heteroatoms. The van der Waals surface area contributed by atoms with Crippen LogP contribution < -0.4 is 0 Å². The monoisotopic (exact) mass is 356 g/mol. The van der Waals surface area contributed by atoms with Crippen LogP contribution in [0.4, 0.5) is 0 Å². The van der Waals surface area contributed by atoms with Crippen molar-refractivity contribution in [1.82, 2.24) is 29.5 Å². The molecule has 0 aromatic carbocycles. The highest BCUT2D eigenvalue weighted by atomic mass is 16.5. The molecule has 4 heterocycles. The van der Waals surface area contributed by atoms with E-state index in [1.165, 1.54) is 11.8 Å². The van der Waals surface area contributed by atoms with E-state index < -0.39 is 0 Å². The summed E-state index contributed by atoms with van der Waals surface area (Å²) in [5, 5.41) is 4.43. The first kappa shape index (κ1) is 17.1. The second-order valence-electron chi connectivity index (χ2n) is 7.00. The predicted molar refractivity (Wildman–Crippen MR) is 94.4 cm³/mol. The molecule has 1 amide bonds. The minimum atomic E-state index is -0.0594. The number of fused-ring (bicyclic) bond motifs is 1. The Balaban J connectivity index is 1.50. The average molecular weight is 356 g/mol. The third kappa shape index (κ3) is 3.34. The van der Waals surface area contributed by atoms with Gasteiger partial charge in [0.05, 0.1) is 30.6 Å². The van der Waals surface area contributed by atoms with Crippen LogP contribution in [0.5, 0.6) is 0 Å². The molecule has 138 valence electrons. The van der Waals surface area contributed by atoms with Gasteiger partial charge < -0.3 is 9.64 Å². The van der Waals surface area contributed by atoms with Crippen molar-refractivity contribution < 1.29 is 9.53 Å². The number of ether oxygens (including phenoxy) is 1. The molecule has 2 aromatic heterocycles. The molecule has 0 saturated carbocycles. The lowest BCUT2D eigenvalue weighted by Crippen LogP contribution is -2.61. The van der Waals surface area contributed by atoms with Crippen molar-refractivity contribution in [3.8, 4) is 0 Å². The lowest BCUT2D eigenvalue weighted by molar-refractivity contribution is -0.0915. The number of carbonyl (C=O) groups is 1. The zero-order valence-electron chi connectivity index (χ0n) is 15.2. The second kappa shape index (κ2) is 7.13. The molecule has 2 saturated heterocycles. The minimum absolute atomic E-state index is 0.0454. The molecule has 2 fully saturated rings. The molecular weight excluding hydrogens is 332 g/mol. The first-order chi connectivity index (χ1) is 12.6. The summed E-state index contributed by atoms with van der Waals surface area (Å²) in [5.41, 5.74) is 2.69. The summed E-state index contributed by atoms with van der Waals surface area (Å²) in [4.78, 5) is 25.4. The summed E-state index contributed by atoms with van der Waals surface area (Å²) in [7, 11) is 1.94. The van der Waals surface area contributed by atoms with Gasteiger partial charge in [0.15, 0.2) is 0 Å². The van der Waals surface area contributed by atoms with Gasteiger partial charge in [-0.1, -0.05) is 0 Å². The fourth-order valence-electron chi connectivity index (χ4n) is 3.93. The van der Waals surface area contributed by atoms with E-state index in [0.29, 0.717) is 18.8 Å². The Hall–Kier alpha value is -2.32. The van der Waals surface area contributed by atoms with Crippen molar-refractivity contribution in [2.24, 2.45) is 7.05 Å². The van der Waals surface area contributed by atoms with Crippen molar-refractivity contribution >= 4 is 5.91 Å². The standard InChI is InChI=1S/C18H24N6O2/c1-13-14(10-22(2)21-13)11-23-6-3-17-16(12-23)24(7-8-26-17)18(25)15-9-19-4-5-20-15/h4-5,9-10,16-17H,3,6-8,11-12H2,1-2H3/t16-,17-/m1/s1. The van der Waals surface area contributed by atoms with Gasteiger partial charge in [-0.3, -0.25) is 19.4 Å². The Morgan fingerprint density at radius 2 is 2.23 bits per heavy atom. The highest BCUT2D eigenvalue weighted by molar-refractivity contribution is 5.92. The third-order valence-electron chi connectivity index (χ3n) is 5.22. The van der Waals surface area contributed by atoms with Crippen LogP contribution >= 0.6 is 0 Å². The highest BCUT2D eigenvalue weighted by Crippen LogP contribution is 2.25. The maximum atomic E-state index is 12.9. The number of aryl methyl sites for hydroxylation is 2. The van der Waals surface area contributed by atoms with Crippen LogP contribution in [-0.2, 0) is 18.3 Å². The maximum absolute atomic E-state index is 12.9. The van der Waals surface area contributed by atoms with Crippen LogP contribution in [0.1, 0.15) is 28.2 Å². The predicted octanol–water partition coefficient (Wildman–Crippen LogP) is 0.634. The molecule has 0 radical (unpaired) electrons. The first-order valence-corrected chi connectivity index (χ1v) is 9.02. The van der Waals surface area contributed by atoms with Crippen molar-refractivity contribution in [1.29, 1.82) is 0 Å². The van der Waals surface area contributed by atoms with E-state index >= 15 is 0 Å². The SMILES string of the molecule is Cc1nn(C)cc1CN1CC[C@H]2OCCN(C(=O)c3cnccn3)[C@@H]2C1. The fraction of sp³-hybridized carbons (Fsp3) is 0.556. The number of hydrogen-bond acceptors (Lipinski definition) is 6. The number of piperidine rings is 1. The van der Waals surface area contributed by atoms with E-state index in [1.54, 1.807) is 12.4 Å². The van der Waals surface area contributed by atoms with E-state index in [2.05, 4.69) is 26.2 Å². The molecule has 0 aliphatic carbocycles. The molecule has 2 aromatic rings. The lowest BCUT2D eigenvalue weighted by atomic mass is 9.97. The Bertz CT molecular complexity index is 777. The summed E-state index contributed by atoms with van der Waals surface area (Å²) >= 11 is 0. The van der Waals surface area contributed by atoms with Gasteiger partial charge in [0.1, 0.15) is 5.69 Å². The number of rotatable bonds is 3.